The second-order valence-electron chi connectivity index (χ2n) is 8.64. The van der Waals surface area contributed by atoms with Crippen molar-refractivity contribution < 1.29 is 24.2 Å². The van der Waals surface area contributed by atoms with Crippen LogP contribution < -0.4 is 10.6 Å². The van der Waals surface area contributed by atoms with Gasteiger partial charge >= 0.3 is 5.97 Å². The quantitative estimate of drug-likeness (QED) is 0.178. The number of rotatable bonds is 24. The molecule has 0 aromatic rings. The summed E-state index contributed by atoms with van der Waals surface area (Å²) in [6.45, 7) is 1.60. The van der Waals surface area contributed by atoms with Crippen LogP contribution in [0.4, 0.5) is 0 Å². The molecule has 0 aliphatic rings. The Morgan fingerprint density at radius 1 is 0.562 bits per heavy atom. The zero-order chi connectivity index (χ0) is 23.7. The van der Waals surface area contributed by atoms with E-state index in [2.05, 4.69) is 10.6 Å². The Balaban J connectivity index is 3.22. The molecule has 32 heavy (non-hydrogen) atoms. The normalized spacial score (nSPS) is 10.8. The Kier molecular flexibility index (Phi) is 22.8. The van der Waals surface area contributed by atoms with Crippen LogP contribution in [-0.2, 0) is 19.1 Å². The van der Waals surface area contributed by atoms with E-state index in [4.69, 9.17) is 9.84 Å². The average Bonchev–Trinajstić information content (AvgIpc) is 2.76. The van der Waals surface area contributed by atoms with Crippen LogP contribution in [-0.4, -0.2) is 49.7 Å². The van der Waals surface area contributed by atoms with E-state index in [0.29, 0.717) is 45.4 Å². The number of methoxy groups -OCH3 is 1. The fraction of sp³-hybridized carbons (Fsp3) is 0.880. The third kappa shape index (κ3) is 24.6. The number of hydrogen-bond donors (Lipinski definition) is 3. The van der Waals surface area contributed by atoms with Gasteiger partial charge in [-0.2, -0.15) is 0 Å². The molecule has 0 aromatic heterocycles. The van der Waals surface area contributed by atoms with Gasteiger partial charge in [-0.3, -0.25) is 14.4 Å². The van der Waals surface area contributed by atoms with Gasteiger partial charge in [0.25, 0.3) is 0 Å². The van der Waals surface area contributed by atoms with E-state index in [1.165, 1.54) is 57.8 Å². The molecular weight excluding hydrogens is 408 g/mol. The lowest BCUT2D eigenvalue weighted by Gasteiger charge is -2.06. The van der Waals surface area contributed by atoms with Crippen LogP contribution in [0.25, 0.3) is 0 Å². The standard InChI is InChI=1S/C25H48N2O5/c1-32-22-21-27-24(29)18-16-20-26-23(28)17-14-12-10-8-6-4-2-3-5-7-9-11-13-15-19-25(30)31/h2-22H2,1H3,(H,26,28)(H,27,29)(H,30,31). The molecule has 0 spiro atoms. The van der Waals surface area contributed by atoms with Crippen molar-refractivity contribution in [3.8, 4) is 0 Å². The maximum absolute atomic E-state index is 11.8. The number of carbonyl (C=O) groups is 3. The van der Waals surface area contributed by atoms with Crippen LogP contribution >= 0.6 is 0 Å². The van der Waals surface area contributed by atoms with E-state index in [9.17, 15) is 14.4 Å². The van der Waals surface area contributed by atoms with E-state index < -0.39 is 5.97 Å². The van der Waals surface area contributed by atoms with Gasteiger partial charge in [0.2, 0.25) is 11.8 Å². The smallest absolute Gasteiger partial charge is 0.303 e. The molecule has 0 aromatic carbocycles. The monoisotopic (exact) mass is 456 g/mol. The minimum Gasteiger partial charge on any atom is -0.481 e. The van der Waals surface area contributed by atoms with Crippen molar-refractivity contribution in [3.63, 3.8) is 0 Å². The SMILES string of the molecule is COCCNC(=O)CCCNC(=O)CCCCCCCCCCCCCCCCC(=O)O. The minimum absolute atomic E-state index is 0.00117. The van der Waals surface area contributed by atoms with Crippen LogP contribution in [0.15, 0.2) is 0 Å². The van der Waals surface area contributed by atoms with Gasteiger partial charge in [0, 0.05) is 39.5 Å². The molecule has 0 saturated carbocycles. The Morgan fingerprint density at radius 2 is 0.938 bits per heavy atom. The van der Waals surface area contributed by atoms with Crippen LogP contribution in [0.1, 0.15) is 116 Å². The van der Waals surface area contributed by atoms with E-state index >= 15 is 0 Å². The van der Waals surface area contributed by atoms with E-state index in [0.717, 1.165) is 32.1 Å². The fourth-order valence-electron chi connectivity index (χ4n) is 3.63. The summed E-state index contributed by atoms with van der Waals surface area (Å²) in [7, 11) is 1.60. The second kappa shape index (κ2) is 24.0. The van der Waals surface area contributed by atoms with Gasteiger partial charge in [-0.15, -0.1) is 0 Å². The molecule has 3 N–H and O–H groups in total. The van der Waals surface area contributed by atoms with E-state index in [1.807, 2.05) is 0 Å². The molecule has 0 saturated heterocycles. The molecule has 0 aliphatic carbocycles. The number of carbonyl (C=O) groups excluding carboxylic acids is 2. The van der Waals surface area contributed by atoms with Gasteiger partial charge in [-0.1, -0.05) is 77.0 Å². The summed E-state index contributed by atoms with van der Waals surface area (Å²) in [5, 5.41) is 14.2. The summed E-state index contributed by atoms with van der Waals surface area (Å²) >= 11 is 0. The molecular formula is C25H48N2O5. The summed E-state index contributed by atoms with van der Waals surface area (Å²) in [6.07, 6.45) is 18.5. The Bertz CT molecular complexity index is 471. The minimum atomic E-state index is -0.681. The highest BCUT2D eigenvalue weighted by molar-refractivity contribution is 5.77. The second-order valence-corrected chi connectivity index (χ2v) is 8.64. The zero-order valence-corrected chi connectivity index (χ0v) is 20.4. The highest BCUT2D eigenvalue weighted by Crippen LogP contribution is 2.13. The van der Waals surface area contributed by atoms with Gasteiger partial charge in [-0.25, -0.2) is 0 Å². The third-order valence-electron chi connectivity index (χ3n) is 5.58. The molecule has 0 rings (SSSR count). The first-order valence-corrected chi connectivity index (χ1v) is 12.8. The number of nitrogens with one attached hydrogen (secondary N) is 2. The van der Waals surface area contributed by atoms with Crippen molar-refractivity contribution in [1.29, 1.82) is 0 Å². The topological polar surface area (TPSA) is 105 Å². The lowest BCUT2D eigenvalue weighted by molar-refractivity contribution is -0.137. The summed E-state index contributed by atoms with van der Waals surface area (Å²) in [5.41, 5.74) is 0. The predicted octanol–water partition coefficient (Wildman–Crippen LogP) is 4.97. The molecule has 0 heterocycles. The number of ether oxygens (including phenoxy) is 1. The summed E-state index contributed by atoms with van der Waals surface area (Å²) in [5.74, 6) is -0.590. The van der Waals surface area contributed by atoms with E-state index in [1.54, 1.807) is 7.11 Å². The van der Waals surface area contributed by atoms with Crippen LogP contribution in [0.3, 0.4) is 0 Å². The zero-order valence-electron chi connectivity index (χ0n) is 20.4. The predicted molar refractivity (Wildman–Crippen MR) is 129 cm³/mol. The van der Waals surface area contributed by atoms with Crippen molar-refractivity contribution in [2.45, 2.75) is 116 Å². The summed E-state index contributed by atoms with van der Waals surface area (Å²) in [6, 6.07) is 0. The van der Waals surface area contributed by atoms with Gasteiger partial charge in [0.15, 0.2) is 0 Å². The van der Waals surface area contributed by atoms with Crippen molar-refractivity contribution in [3.05, 3.63) is 0 Å². The Labute approximate surface area is 195 Å². The largest absolute Gasteiger partial charge is 0.481 e. The molecule has 0 unspecified atom stereocenters. The molecule has 0 fully saturated rings. The number of amides is 2. The van der Waals surface area contributed by atoms with Crippen molar-refractivity contribution in [1.82, 2.24) is 10.6 Å². The summed E-state index contributed by atoms with van der Waals surface area (Å²) < 4.78 is 4.87. The van der Waals surface area contributed by atoms with Crippen molar-refractivity contribution in [2.24, 2.45) is 0 Å². The number of carboxylic acids is 1. The summed E-state index contributed by atoms with van der Waals surface area (Å²) in [4.78, 5) is 33.7. The molecule has 0 bridgehead atoms. The molecule has 188 valence electrons. The third-order valence-corrected chi connectivity index (χ3v) is 5.58. The fourth-order valence-corrected chi connectivity index (χ4v) is 3.63. The maximum atomic E-state index is 11.8. The van der Waals surface area contributed by atoms with Crippen LogP contribution in [0.2, 0.25) is 0 Å². The van der Waals surface area contributed by atoms with Gasteiger partial charge in [0.1, 0.15) is 0 Å². The van der Waals surface area contributed by atoms with Crippen LogP contribution in [0.5, 0.6) is 0 Å². The molecule has 0 radical (unpaired) electrons. The first-order valence-electron chi connectivity index (χ1n) is 12.8. The van der Waals surface area contributed by atoms with Crippen LogP contribution in [0, 0.1) is 0 Å². The first kappa shape index (κ1) is 30.4. The maximum Gasteiger partial charge on any atom is 0.303 e. The Morgan fingerprint density at radius 3 is 1.38 bits per heavy atom. The molecule has 7 nitrogen and oxygen atoms in total. The van der Waals surface area contributed by atoms with Gasteiger partial charge in [0.05, 0.1) is 6.61 Å². The highest BCUT2D eigenvalue weighted by Gasteiger charge is 2.03. The molecule has 2 amide bonds. The number of hydrogen-bond acceptors (Lipinski definition) is 4. The van der Waals surface area contributed by atoms with Gasteiger partial charge in [-0.05, 0) is 19.3 Å². The molecule has 0 atom stereocenters. The highest BCUT2D eigenvalue weighted by atomic mass is 16.5. The Hall–Kier alpha value is -1.63. The molecule has 0 aliphatic heterocycles. The van der Waals surface area contributed by atoms with E-state index in [-0.39, 0.29) is 11.8 Å². The van der Waals surface area contributed by atoms with Crippen molar-refractivity contribution in [2.75, 3.05) is 26.8 Å². The lowest BCUT2D eigenvalue weighted by Crippen LogP contribution is -2.29. The average molecular weight is 457 g/mol. The number of unbranched alkanes of at least 4 members (excludes halogenated alkanes) is 13. The lowest BCUT2D eigenvalue weighted by atomic mass is 10.0. The first-order chi connectivity index (χ1) is 15.6. The number of carboxylic acid groups (broad SMARTS) is 1. The number of aliphatic carboxylic acids is 1. The van der Waals surface area contributed by atoms with Gasteiger partial charge < -0.3 is 20.5 Å². The molecule has 7 heteroatoms. The van der Waals surface area contributed by atoms with Crippen molar-refractivity contribution >= 4 is 17.8 Å².